The Hall–Kier alpha value is -2.44. The van der Waals surface area contributed by atoms with Gasteiger partial charge in [-0.15, -0.1) is 5.10 Å². The molecule has 0 aliphatic carbocycles. The molecule has 1 aliphatic rings. The lowest BCUT2D eigenvalue weighted by atomic mass is 10.0. The number of carbonyl (C=O) groups is 1. The summed E-state index contributed by atoms with van der Waals surface area (Å²) in [5.74, 6) is 1.53. The molecule has 0 bridgehead atoms. The summed E-state index contributed by atoms with van der Waals surface area (Å²) < 4.78 is 11.0. The fourth-order valence-electron chi connectivity index (χ4n) is 3.09. The number of aryl methyl sites for hydroxylation is 3. The summed E-state index contributed by atoms with van der Waals surface area (Å²) in [5.41, 5.74) is 2.78. The van der Waals surface area contributed by atoms with Crippen molar-refractivity contribution >= 4 is 5.91 Å². The van der Waals surface area contributed by atoms with E-state index in [0.29, 0.717) is 31.8 Å². The Morgan fingerprint density at radius 3 is 2.60 bits per heavy atom. The largest absolute Gasteiger partial charge is 0.473 e. The van der Waals surface area contributed by atoms with E-state index in [1.54, 1.807) is 0 Å². The van der Waals surface area contributed by atoms with Gasteiger partial charge in [-0.25, -0.2) is 0 Å². The summed E-state index contributed by atoms with van der Waals surface area (Å²) in [7, 11) is 0. The van der Waals surface area contributed by atoms with Crippen molar-refractivity contribution in [2.45, 2.75) is 52.6 Å². The van der Waals surface area contributed by atoms with Gasteiger partial charge in [-0.2, -0.15) is 5.10 Å². The highest BCUT2D eigenvalue weighted by Gasteiger charge is 2.24. The molecule has 0 N–H and O–H groups in total. The number of ether oxygens (including phenoxy) is 1. The van der Waals surface area contributed by atoms with Crippen LogP contribution >= 0.6 is 0 Å². The Morgan fingerprint density at radius 2 is 2.00 bits per heavy atom. The molecule has 7 nitrogen and oxygen atoms in total. The second-order valence-electron chi connectivity index (χ2n) is 6.51. The first kappa shape index (κ1) is 17.4. The fraction of sp³-hybridized carbons (Fsp3) is 0.556. The van der Waals surface area contributed by atoms with Crippen molar-refractivity contribution in [1.29, 1.82) is 0 Å². The van der Waals surface area contributed by atoms with Crippen LogP contribution in [0.2, 0.25) is 0 Å². The van der Waals surface area contributed by atoms with Crippen LogP contribution in [0.4, 0.5) is 0 Å². The number of amides is 1. The van der Waals surface area contributed by atoms with Crippen molar-refractivity contribution in [1.82, 2.24) is 20.3 Å². The van der Waals surface area contributed by atoms with E-state index < -0.39 is 0 Å². The number of hydrogen-bond acceptors (Lipinski definition) is 6. The van der Waals surface area contributed by atoms with E-state index in [1.807, 2.05) is 37.8 Å². The molecule has 0 unspecified atom stereocenters. The number of nitrogens with zero attached hydrogens (tertiary/aromatic N) is 4. The SMILES string of the molecule is Cc1ccc(OC2CCN(C(=O)CCc3c(C)noc3C)CC2)nn1. The van der Waals surface area contributed by atoms with Gasteiger partial charge < -0.3 is 14.2 Å². The second-order valence-corrected chi connectivity index (χ2v) is 6.51. The zero-order valence-electron chi connectivity index (χ0n) is 15.0. The number of aromatic nitrogens is 3. The van der Waals surface area contributed by atoms with E-state index in [1.165, 1.54) is 0 Å². The molecule has 25 heavy (non-hydrogen) atoms. The van der Waals surface area contributed by atoms with Gasteiger partial charge in [-0.05, 0) is 33.3 Å². The molecular formula is C18H24N4O3. The average molecular weight is 344 g/mol. The molecule has 3 rings (SSSR count). The zero-order chi connectivity index (χ0) is 17.8. The Morgan fingerprint density at radius 1 is 1.24 bits per heavy atom. The topological polar surface area (TPSA) is 81.4 Å². The Kier molecular flexibility index (Phi) is 5.31. The molecular weight excluding hydrogens is 320 g/mol. The third kappa shape index (κ3) is 4.35. The number of hydrogen-bond donors (Lipinski definition) is 0. The molecule has 3 heterocycles. The van der Waals surface area contributed by atoms with Crippen LogP contribution in [0.25, 0.3) is 0 Å². The van der Waals surface area contributed by atoms with Gasteiger partial charge in [-0.1, -0.05) is 5.16 Å². The summed E-state index contributed by atoms with van der Waals surface area (Å²) in [5, 5.41) is 12.0. The molecule has 1 saturated heterocycles. The van der Waals surface area contributed by atoms with Gasteiger partial charge in [0.15, 0.2) is 0 Å². The van der Waals surface area contributed by atoms with Gasteiger partial charge in [-0.3, -0.25) is 4.79 Å². The van der Waals surface area contributed by atoms with E-state index in [-0.39, 0.29) is 12.0 Å². The highest BCUT2D eigenvalue weighted by atomic mass is 16.5. The van der Waals surface area contributed by atoms with E-state index in [4.69, 9.17) is 9.26 Å². The first-order valence-electron chi connectivity index (χ1n) is 8.69. The minimum atomic E-state index is 0.0867. The standard InChI is InChI=1S/C18H24N4O3/c1-12-4-6-17(20-19-12)24-15-8-10-22(11-9-15)18(23)7-5-16-13(2)21-25-14(16)3/h4,6,15H,5,7-11H2,1-3H3. The predicted molar refractivity (Wildman–Crippen MR) is 91.3 cm³/mol. The molecule has 1 fully saturated rings. The van der Waals surface area contributed by atoms with Crippen molar-refractivity contribution in [2.75, 3.05) is 13.1 Å². The maximum absolute atomic E-state index is 12.4. The lowest BCUT2D eigenvalue weighted by Gasteiger charge is -2.32. The first-order valence-corrected chi connectivity index (χ1v) is 8.69. The maximum atomic E-state index is 12.4. The molecule has 0 atom stereocenters. The number of rotatable bonds is 5. The maximum Gasteiger partial charge on any atom is 0.233 e. The van der Waals surface area contributed by atoms with Crippen LogP contribution in [0.1, 0.15) is 42.0 Å². The monoisotopic (exact) mass is 344 g/mol. The van der Waals surface area contributed by atoms with Gasteiger partial charge in [0.1, 0.15) is 11.9 Å². The highest BCUT2D eigenvalue weighted by Crippen LogP contribution is 2.19. The quantitative estimate of drug-likeness (QED) is 0.828. The van der Waals surface area contributed by atoms with Gasteiger partial charge in [0, 0.05) is 44.0 Å². The summed E-state index contributed by atoms with van der Waals surface area (Å²) >= 11 is 0. The average Bonchev–Trinajstić information content (AvgIpc) is 2.93. The van der Waals surface area contributed by atoms with Crippen LogP contribution in [-0.4, -0.2) is 45.4 Å². The molecule has 1 aliphatic heterocycles. The lowest BCUT2D eigenvalue weighted by molar-refractivity contribution is -0.132. The molecule has 0 saturated carbocycles. The molecule has 2 aromatic rings. The fourth-order valence-corrected chi connectivity index (χ4v) is 3.09. The van der Waals surface area contributed by atoms with Gasteiger partial charge in [0.2, 0.25) is 11.8 Å². The van der Waals surface area contributed by atoms with Gasteiger partial charge >= 0.3 is 0 Å². The molecule has 0 radical (unpaired) electrons. The molecule has 0 spiro atoms. The second kappa shape index (κ2) is 7.63. The van der Waals surface area contributed by atoms with Crippen LogP contribution in [0.5, 0.6) is 5.88 Å². The Balaban J connectivity index is 1.45. The summed E-state index contributed by atoms with van der Waals surface area (Å²) in [6, 6.07) is 3.72. The van der Waals surface area contributed by atoms with Crippen molar-refractivity contribution in [3.63, 3.8) is 0 Å². The van der Waals surface area contributed by atoms with Crippen molar-refractivity contribution in [2.24, 2.45) is 0 Å². The molecule has 134 valence electrons. The normalized spacial score (nSPS) is 15.4. The minimum absolute atomic E-state index is 0.0867. The van der Waals surface area contributed by atoms with Crippen LogP contribution in [0.15, 0.2) is 16.7 Å². The van der Waals surface area contributed by atoms with E-state index >= 15 is 0 Å². The van der Waals surface area contributed by atoms with Crippen LogP contribution in [0, 0.1) is 20.8 Å². The minimum Gasteiger partial charge on any atom is -0.473 e. The Labute approximate surface area is 147 Å². The van der Waals surface area contributed by atoms with Crippen molar-refractivity contribution in [3.8, 4) is 5.88 Å². The molecule has 1 amide bonds. The van der Waals surface area contributed by atoms with E-state index in [0.717, 1.165) is 35.6 Å². The third-order valence-electron chi connectivity index (χ3n) is 4.63. The van der Waals surface area contributed by atoms with Crippen LogP contribution in [-0.2, 0) is 11.2 Å². The number of likely N-dealkylation sites (tertiary alicyclic amines) is 1. The summed E-state index contributed by atoms with van der Waals surface area (Å²) in [4.78, 5) is 14.3. The van der Waals surface area contributed by atoms with Crippen LogP contribution < -0.4 is 4.74 Å². The summed E-state index contributed by atoms with van der Waals surface area (Å²) in [6.07, 6.45) is 2.87. The van der Waals surface area contributed by atoms with E-state index in [2.05, 4.69) is 15.4 Å². The predicted octanol–water partition coefficient (Wildman–Crippen LogP) is 2.39. The van der Waals surface area contributed by atoms with Gasteiger partial charge in [0.25, 0.3) is 0 Å². The van der Waals surface area contributed by atoms with E-state index in [9.17, 15) is 4.79 Å². The molecule has 7 heteroatoms. The highest BCUT2D eigenvalue weighted by molar-refractivity contribution is 5.76. The third-order valence-corrected chi connectivity index (χ3v) is 4.63. The molecule has 0 aromatic carbocycles. The number of piperidine rings is 1. The van der Waals surface area contributed by atoms with Crippen LogP contribution in [0.3, 0.4) is 0 Å². The van der Waals surface area contributed by atoms with Gasteiger partial charge in [0.05, 0.1) is 11.4 Å². The first-order chi connectivity index (χ1) is 12.0. The zero-order valence-corrected chi connectivity index (χ0v) is 15.0. The van der Waals surface area contributed by atoms with Crippen molar-refractivity contribution < 1.29 is 14.1 Å². The lowest BCUT2D eigenvalue weighted by Crippen LogP contribution is -2.42. The van der Waals surface area contributed by atoms with Crippen molar-refractivity contribution in [3.05, 3.63) is 34.8 Å². The molecule has 2 aromatic heterocycles. The summed E-state index contributed by atoms with van der Waals surface area (Å²) in [6.45, 7) is 7.11. The number of carbonyl (C=O) groups excluding carboxylic acids is 1. The Bertz CT molecular complexity index is 699. The smallest absolute Gasteiger partial charge is 0.233 e.